The number of benzene rings is 2. The van der Waals surface area contributed by atoms with E-state index in [1.165, 1.54) is 18.2 Å². The number of amides is 1. The summed E-state index contributed by atoms with van der Waals surface area (Å²) in [5, 5.41) is 21.8. The average molecular weight is 367 g/mol. The molecule has 0 aliphatic carbocycles. The second-order valence-electron chi connectivity index (χ2n) is 6.11. The summed E-state index contributed by atoms with van der Waals surface area (Å²) in [5.41, 5.74) is 2.19. The van der Waals surface area contributed by atoms with Crippen LogP contribution in [-0.4, -0.2) is 22.1 Å². The Labute approximate surface area is 157 Å². The Morgan fingerprint density at radius 2 is 1.67 bits per heavy atom. The van der Waals surface area contributed by atoms with E-state index < -0.39 is 5.97 Å². The van der Waals surface area contributed by atoms with Gasteiger partial charge in [0.2, 0.25) is 0 Å². The molecule has 0 spiro atoms. The van der Waals surface area contributed by atoms with Crippen LogP contribution < -0.4 is 5.32 Å². The minimum absolute atomic E-state index is 0.0647. The van der Waals surface area contributed by atoms with Crippen molar-refractivity contribution in [1.29, 1.82) is 0 Å². The Bertz CT molecular complexity index is 884. The number of anilines is 1. The molecule has 3 N–H and O–H groups in total. The van der Waals surface area contributed by atoms with Gasteiger partial charge in [0.15, 0.2) is 0 Å². The Hall–Kier alpha value is -3.54. The lowest BCUT2D eigenvalue weighted by Gasteiger charge is -2.10. The van der Waals surface area contributed by atoms with Crippen LogP contribution in [0.5, 0.6) is 11.5 Å². The molecule has 0 unspecified atom stereocenters. The number of carbonyl (C=O) groups is 2. The highest BCUT2D eigenvalue weighted by molar-refractivity contribution is 6.03. The molecule has 0 fully saturated rings. The number of rotatable bonds is 7. The molecule has 0 aromatic heterocycles. The molecule has 27 heavy (non-hydrogen) atoms. The van der Waals surface area contributed by atoms with E-state index in [0.717, 1.165) is 5.56 Å². The van der Waals surface area contributed by atoms with Crippen LogP contribution in [0, 0.1) is 0 Å². The van der Waals surface area contributed by atoms with Gasteiger partial charge in [-0.05, 0) is 42.3 Å². The van der Waals surface area contributed by atoms with Gasteiger partial charge in [-0.2, -0.15) is 0 Å². The van der Waals surface area contributed by atoms with Crippen molar-refractivity contribution < 1.29 is 24.5 Å². The summed E-state index contributed by atoms with van der Waals surface area (Å²) in [6.07, 6.45) is 0.191. The highest BCUT2D eigenvalue weighted by Gasteiger charge is 2.12. The van der Waals surface area contributed by atoms with E-state index >= 15 is 0 Å². The van der Waals surface area contributed by atoms with Gasteiger partial charge < -0.3 is 20.3 Å². The summed E-state index contributed by atoms with van der Waals surface area (Å²) in [7, 11) is 0. The molecule has 0 aliphatic rings. The second kappa shape index (κ2) is 8.71. The molecule has 2 rings (SSSR count). The van der Waals surface area contributed by atoms with Crippen molar-refractivity contribution in [2.24, 2.45) is 0 Å². The fraction of sp³-hybridized carbons (Fsp3) is 0.143. The van der Waals surface area contributed by atoms with E-state index in [1.807, 2.05) is 0 Å². The quantitative estimate of drug-likeness (QED) is 0.396. The normalized spacial score (nSPS) is 10.1. The fourth-order valence-electron chi connectivity index (χ4n) is 2.18. The highest BCUT2D eigenvalue weighted by atomic mass is 16.5. The molecule has 0 aliphatic heterocycles. The first-order valence-electron chi connectivity index (χ1n) is 8.18. The molecule has 0 saturated carbocycles. The molecule has 0 saturated heterocycles. The van der Waals surface area contributed by atoms with Crippen molar-refractivity contribution in [2.75, 3.05) is 5.32 Å². The third-order valence-electron chi connectivity index (χ3n) is 3.71. The lowest BCUT2D eigenvalue weighted by atomic mass is 10.1. The summed E-state index contributed by atoms with van der Waals surface area (Å²) in [4.78, 5) is 23.7. The molecule has 2 aromatic rings. The zero-order valence-electron chi connectivity index (χ0n) is 15.0. The molecule has 140 valence electrons. The maximum atomic E-state index is 12.1. The Morgan fingerprint density at radius 1 is 1.04 bits per heavy atom. The largest absolute Gasteiger partial charge is 0.508 e. The lowest BCUT2D eigenvalue weighted by Crippen LogP contribution is -2.12. The third kappa shape index (κ3) is 5.74. The maximum absolute atomic E-state index is 12.1. The number of esters is 1. The van der Waals surface area contributed by atoms with Crippen LogP contribution in [0.2, 0.25) is 0 Å². The topological polar surface area (TPSA) is 95.9 Å². The van der Waals surface area contributed by atoms with Crippen LogP contribution in [0.4, 0.5) is 5.69 Å². The zero-order chi connectivity index (χ0) is 20.0. The fourth-order valence-corrected chi connectivity index (χ4v) is 2.18. The van der Waals surface area contributed by atoms with Crippen molar-refractivity contribution in [3.63, 3.8) is 0 Å². The molecular formula is C21H21NO5. The molecule has 2 aromatic carbocycles. The van der Waals surface area contributed by atoms with Crippen LogP contribution in [0.25, 0.3) is 0 Å². The monoisotopic (exact) mass is 367 g/mol. The van der Waals surface area contributed by atoms with Crippen molar-refractivity contribution in [3.05, 3.63) is 77.9 Å². The van der Waals surface area contributed by atoms with Gasteiger partial charge in [-0.1, -0.05) is 31.4 Å². The minimum atomic E-state index is -0.553. The number of carbonyl (C=O) groups excluding carboxylic acids is 2. The average Bonchev–Trinajstić information content (AvgIpc) is 2.63. The Morgan fingerprint density at radius 3 is 2.26 bits per heavy atom. The summed E-state index contributed by atoms with van der Waals surface area (Å²) >= 11 is 0. The number of phenols is 2. The van der Waals surface area contributed by atoms with Crippen LogP contribution in [0.15, 0.2) is 66.8 Å². The molecule has 0 heterocycles. The molecule has 6 nitrogen and oxygen atoms in total. The van der Waals surface area contributed by atoms with E-state index in [4.69, 9.17) is 4.74 Å². The van der Waals surface area contributed by atoms with Gasteiger partial charge in [0, 0.05) is 17.6 Å². The predicted octanol–water partition coefficient (Wildman–Crippen LogP) is 3.45. The summed E-state index contributed by atoms with van der Waals surface area (Å²) < 4.78 is 5.19. The van der Waals surface area contributed by atoms with Crippen molar-refractivity contribution in [3.8, 4) is 11.5 Å². The Kier molecular flexibility index (Phi) is 6.38. The summed E-state index contributed by atoms with van der Waals surface area (Å²) in [5.74, 6) is -0.924. The van der Waals surface area contributed by atoms with Gasteiger partial charge >= 0.3 is 5.97 Å². The predicted molar refractivity (Wildman–Crippen MR) is 102 cm³/mol. The van der Waals surface area contributed by atoms with Gasteiger partial charge in [0.1, 0.15) is 18.1 Å². The van der Waals surface area contributed by atoms with E-state index in [1.54, 1.807) is 31.2 Å². The van der Waals surface area contributed by atoms with Crippen molar-refractivity contribution in [2.45, 2.75) is 20.0 Å². The van der Waals surface area contributed by atoms with Crippen LogP contribution in [-0.2, 0) is 27.4 Å². The molecule has 0 bridgehead atoms. The third-order valence-corrected chi connectivity index (χ3v) is 3.71. The second-order valence-corrected chi connectivity index (χ2v) is 6.11. The Balaban J connectivity index is 1.93. The van der Waals surface area contributed by atoms with Gasteiger partial charge in [0.25, 0.3) is 5.91 Å². The van der Waals surface area contributed by atoms with Gasteiger partial charge in [-0.3, -0.25) is 4.79 Å². The zero-order valence-corrected chi connectivity index (χ0v) is 15.0. The van der Waals surface area contributed by atoms with E-state index in [0.29, 0.717) is 11.1 Å². The van der Waals surface area contributed by atoms with E-state index in [9.17, 15) is 19.8 Å². The highest BCUT2D eigenvalue weighted by Crippen LogP contribution is 2.26. The number of hydrogen-bond donors (Lipinski definition) is 3. The first-order valence-corrected chi connectivity index (χ1v) is 8.18. The minimum Gasteiger partial charge on any atom is -0.508 e. The molecule has 1 amide bonds. The number of phenolic OH excluding ortho intramolecular Hbond substituents is 2. The van der Waals surface area contributed by atoms with E-state index in [-0.39, 0.29) is 41.7 Å². The van der Waals surface area contributed by atoms with E-state index in [2.05, 4.69) is 18.5 Å². The molecule has 0 atom stereocenters. The standard InChI is InChI=1S/C21H21NO5/c1-13(2)20(25)22-18-9-6-16(11-19(18)24)10-14(3)21(26)27-12-15-4-7-17(23)8-5-15/h4-9,11,23-24H,1,3,10,12H2,2H3,(H,22,25). The van der Waals surface area contributed by atoms with Crippen LogP contribution in [0.3, 0.4) is 0 Å². The number of ether oxygens (including phenoxy) is 1. The SMILES string of the molecule is C=C(C)C(=O)Nc1ccc(CC(=C)C(=O)OCc2ccc(O)cc2)cc1O. The van der Waals surface area contributed by atoms with Crippen molar-refractivity contribution in [1.82, 2.24) is 0 Å². The first-order chi connectivity index (χ1) is 12.8. The molecule has 0 radical (unpaired) electrons. The smallest absolute Gasteiger partial charge is 0.334 e. The van der Waals surface area contributed by atoms with Gasteiger partial charge in [-0.25, -0.2) is 4.79 Å². The molecule has 6 heteroatoms. The van der Waals surface area contributed by atoms with Crippen LogP contribution >= 0.6 is 0 Å². The summed E-state index contributed by atoms with van der Waals surface area (Å²) in [6, 6.07) is 11.0. The van der Waals surface area contributed by atoms with Gasteiger partial charge in [0.05, 0.1) is 5.69 Å². The summed E-state index contributed by atoms with van der Waals surface area (Å²) in [6.45, 7) is 8.88. The molecular weight excluding hydrogens is 346 g/mol. The number of hydrogen-bond acceptors (Lipinski definition) is 5. The lowest BCUT2D eigenvalue weighted by molar-refractivity contribution is -0.140. The van der Waals surface area contributed by atoms with Gasteiger partial charge in [-0.15, -0.1) is 0 Å². The number of aromatic hydroxyl groups is 2. The van der Waals surface area contributed by atoms with Crippen LogP contribution in [0.1, 0.15) is 18.1 Å². The number of nitrogens with one attached hydrogen (secondary N) is 1. The maximum Gasteiger partial charge on any atom is 0.334 e. The van der Waals surface area contributed by atoms with Crippen molar-refractivity contribution >= 4 is 17.6 Å². The first kappa shape index (κ1) is 19.8.